The van der Waals surface area contributed by atoms with Gasteiger partial charge in [0.15, 0.2) is 11.6 Å². The minimum absolute atomic E-state index is 0.131. The molecule has 0 unspecified atom stereocenters. The summed E-state index contributed by atoms with van der Waals surface area (Å²) in [5.74, 6) is -2.26. The lowest BCUT2D eigenvalue weighted by atomic mass is 10.3. The van der Waals surface area contributed by atoms with Gasteiger partial charge in [0.25, 0.3) is 15.6 Å². The van der Waals surface area contributed by atoms with Crippen molar-refractivity contribution < 1.29 is 17.2 Å². The van der Waals surface area contributed by atoms with Gasteiger partial charge in [-0.25, -0.2) is 21.9 Å². The van der Waals surface area contributed by atoms with Crippen molar-refractivity contribution in [1.29, 1.82) is 0 Å². The van der Waals surface area contributed by atoms with Gasteiger partial charge < -0.3 is 0 Å². The van der Waals surface area contributed by atoms with Crippen LogP contribution >= 0.6 is 0 Å². The predicted molar refractivity (Wildman–Crippen MR) is 82.3 cm³/mol. The van der Waals surface area contributed by atoms with Gasteiger partial charge in [-0.15, -0.1) is 0 Å². The molecule has 0 aliphatic carbocycles. The van der Waals surface area contributed by atoms with E-state index in [2.05, 4.69) is 9.82 Å². The van der Waals surface area contributed by atoms with Crippen molar-refractivity contribution in [2.24, 2.45) is 0 Å². The summed E-state index contributed by atoms with van der Waals surface area (Å²) in [7, 11) is -4.08. The number of nitrogens with zero attached hydrogens (tertiary/aromatic N) is 3. The number of aryl methyl sites for hydroxylation is 1. The number of hydrogen-bond donors (Lipinski definition) is 1. The van der Waals surface area contributed by atoms with Crippen LogP contribution in [-0.2, 0) is 16.6 Å². The molecule has 0 saturated carbocycles. The molecule has 3 rings (SSSR count). The van der Waals surface area contributed by atoms with Crippen molar-refractivity contribution in [3.05, 3.63) is 58.8 Å². The van der Waals surface area contributed by atoms with E-state index in [0.717, 1.165) is 18.2 Å². The van der Waals surface area contributed by atoms with Gasteiger partial charge in [-0.1, -0.05) is 0 Å². The molecule has 0 radical (unpaired) electrons. The van der Waals surface area contributed by atoms with Crippen LogP contribution in [0, 0.1) is 11.6 Å². The molecule has 0 spiro atoms. The Bertz CT molecular complexity index is 1090. The number of halogens is 2. The van der Waals surface area contributed by atoms with Gasteiger partial charge in [0.05, 0.1) is 5.69 Å². The molecule has 1 N–H and O–H groups in total. The van der Waals surface area contributed by atoms with Crippen LogP contribution in [-0.4, -0.2) is 22.6 Å². The van der Waals surface area contributed by atoms with Crippen LogP contribution in [0.15, 0.2) is 46.5 Å². The Morgan fingerprint density at radius 3 is 2.62 bits per heavy atom. The molecule has 2 heterocycles. The molecular weight excluding hydrogens is 342 g/mol. The largest absolute Gasteiger partial charge is 0.300 e. The molecule has 3 aromatic rings. The molecule has 0 bridgehead atoms. The maximum atomic E-state index is 13.2. The van der Waals surface area contributed by atoms with Gasteiger partial charge in [-0.05, 0) is 25.1 Å². The summed E-state index contributed by atoms with van der Waals surface area (Å²) in [5.41, 5.74) is -0.431. The monoisotopic (exact) mass is 354 g/mol. The normalized spacial score (nSPS) is 11.8. The Morgan fingerprint density at radius 1 is 1.21 bits per heavy atom. The molecule has 0 aliphatic heterocycles. The number of benzene rings is 1. The third-order valence-corrected chi connectivity index (χ3v) is 4.72. The Labute approximate surface area is 135 Å². The summed E-state index contributed by atoms with van der Waals surface area (Å²) in [5, 5.41) is 3.89. The van der Waals surface area contributed by atoms with Crippen molar-refractivity contribution in [2.75, 3.05) is 4.72 Å². The van der Waals surface area contributed by atoms with Crippen LogP contribution in [0.5, 0.6) is 0 Å². The van der Waals surface area contributed by atoms with Crippen molar-refractivity contribution in [1.82, 2.24) is 14.2 Å². The van der Waals surface area contributed by atoms with E-state index in [4.69, 9.17) is 0 Å². The molecule has 7 nitrogen and oxygen atoms in total. The molecule has 10 heteroatoms. The number of fused-ring (bicyclic) bond motifs is 1. The van der Waals surface area contributed by atoms with Crippen LogP contribution in [0.3, 0.4) is 0 Å². The standard InChI is InChI=1S/C14H12F2N4O3S/c1-2-20-14(21)13-6-10(7-19(13)8-17-20)24(22,23)18-9-3-4-11(15)12(16)5-9/h3-8,18H,2H2,1H3. The highest BCUT2D eigenvalue weighted by molar-refractivity contribution is 7.92. The van der Waals surface area contributed by atoms with Crippen molar-refractivity contribution >= 4 is 21.2 Å². The van der Waals surface area contributed by atoms with E-state index >= 15 is 0 Å². The topological polar surface area (TPSA) is 85.5 Å². The first-order valence-corrected chi connectivity index (χ1v) is 8.36. The van der Waals surface area contributed by atoms with Gasteiger partial charge in [0, 0.05) is 18.8 Å². The summed E-state index contributed by atoms with van der Waals surface area (Å²) in [4.78, 5) is 11.9. The maximum absolute atomic E-state index is 13.2. The van der Waals surface area contributed by atoms with E-state index in [1.807, 2.05) is 0 Å². The average molecular weight is 354 g/mol. The zero-order valence-corrected chi connectivity index (χ0v) is 13.2. The number of hydrogen-bond acceptors (Lipinski definition) is 4. The fraction of sp³-hybridized carbons (Fsp3) is 0.143. The highest BCUT2D eigenvalue weighted by Crippen LogP contribution is 2.19. The molecule has 0 fully saturated rings. The first kappa shape index (κ1) is 16.1. The van der Waals surface area contributed by atoms with Crippen molar-refractivity contribution in [2.45, 2.75) is 18.4 Å². The van der Waals surface area contributed by atoms with Gasteiger partial charge in [0.2, 0.25) is 0 Å². The van der Waals surface area contributed by atoms with E-state index in [0.29, 0.717) is 6.54 Å². The van der Waals surface area contributed by atoms with E-state index in [-0.39, 0.29) is 16.1 Å². The lowest BCUT2D eigenvalue weighted by Crippen LogP contribution is -2.23. The third kappa shape index (κ3) is 2.75. The first-order chi connectivity index (χ1) is 11.3. The summed E-state index contributed by atoms with van der Waals surface area (Å²) in [6.07, 6.45) is 2.53. The van der Waals surface area contributed by atoms with E-state index < -0.39 is 27.2 Å². The number of aromatic nitrogens is 3. The van der Waals surface area contributed by atoms with Crippen LogP contribution in [0.1, 0.15) is 6.92 Å². The number of nitrogens with one attached hydrogen (secondary N) is 1. The molecular formula is C14H12F2N4O3S. The van der Waals surface area contributed by atoms with Crippen LogP contribution in [0.2, 0.25) is 0 Å². The Hall–Kier alpha value is -2.75. The molecule has 0 aliphatic rings. The first-order valence-electron chi connectivity index (χ1n) is 6.87. The SMILES string of the molecule is CCn1ncn2cc(S(=O)(=O)Nc3ccc(F)c(F)c3)cc2c1=O. The molecule has 0 saturated heterocycles. The van der Waals surface area contributed by atoms with Crippen LogP contribution < -0.4 is 10.3 Å². The summed E-state index contributed by atoms with van der Waals surface area (Å²) in [6.45, 7) is 2.08. The van der Waals surface area contributed by atoms with E-state index in [1.54, 1.807) is 6.92 Å². The van der Waals surface area contributed by atoms with Gasteiger partial charge in [-0.2, -0.15) is 5.10 Å². The molecule has 0 atom stereocenters. The smallest absolute Gasteiger partial charge is 0.291 e. The Kier molecular flexibility index (Phi) is 3.84. The highest BCUT2D eigenvalue weighted by atomic mass is 32.2. The summed E-state index contributed by atoms with van der Waals surface area (Å²) in [6, 6.07) is 3.83. The lowest BCUT2D eigenvalue weighted by molar-refractivity contribution is 0.509. The quantitative estimate of drug-likeness (QED) is 0.771. The van der Waals surface area contributed by atoms with Gasteiger partial charge >= 0.3 is 0 Å². The molecule has 24 heavy (non-hydrogen) atoms. The molecule has 126 valence electrons. The summed E-state index contributed by atoms with van der Waals surface area (Å²) >= 11 is 0. The molecule has 0 amide bonds. The average Bonchev–Trinajstić information content (AvgIpc) is 2.97. The van der Waals surface area contributed by atoms with Gasteiger partial charge in [-0.3, -0.25) is 13.9 Å². The maximum Gasteiger partial charge on any atom is 0.291 e. The lowest BCUT2D eigenvalue weighted by Gasteiger charge is -2.06. The van der Waals surface area contributed by atoms with Crippen LogP contribution in [0.4, 0.5) is 14.5 Å². The predicted octanol–water partition coefficient (Wildman–Crippen LogP) is 1.59. The fourth-order valence-corrected chi connectivity index (χ4v) is 3.24. The molecule has 1 aromatic carbocycles. The zero-order chi connectivity index (χ0) is 17.5. The second-order valence-electron chi connectivity index (χ2n) is 4.95. The van der Waals surface area contributed by atoms with E-state index in [9.17, 15) is 22.0 Å². The minimum atomic E-state index is -4.08. The Balaban J connectivity index is 2.03. The zero-order valence-electron chi connectivity index (χ0n) is 12.4. The number of rotatable bonds is 4. The fourth-order valence-electron chi connectivity index (χ4n) is 2.17. The highest BCUT2D eigenvalue weighted by Gasteiger charge is 2.19. The minimum Gasteiger partial charge on any atom is -0.300 e. The van der Waals surface area contributed by atoms with E-state index in [1.165, 1.54) is 27.7 Å². The van der Waals surface area contributed by atoms with Crippen LogP contribution in [0.25, 0.3) is 5.52 Å². The van der Waals surface area contributed by atoms with Crippen molar-refractivity contribution in [3.63, 3.8) is 0 Å². The van der Waals surface area contributed by atoms with Gasteiger partial charge in [0.1, 0.15) is 16.7 Å². The molecule has 2 aromatic heterocycles. The second kappa shape index (κ2) is 5.71. The Morgan fingerprint density at radius 2 is 1.96 bits per heavy atom. The third-order valence-electron chi connectivity index (χ3n) is 3.37. The number of anilines is 1. The van der Waals surface area contributed by atoms with Crippen molar-refractivity contribution in [3.8, 4) is 0 Å². The summed E-state index contributed by atoms with van der Waals surface area (Å²) < 4.78 is 55.4. The number of sulfonamides is 1. The second-order valence-corrected chi connectivity index (χ2v) is 6.64.